The van der Waals surface area contributed by atoms with E-state index in [0.29, 0.717) is 5.56 Å². The SMILES string of the molecule is CCc1ccn(-c2ccc(C#N)cc2)n1. The van der Waals surface area contributed by atoms with E-state index in [9.17, 15) is 0 Å². The fraction of sp³-hybridized carbons (Fsp3) is 0.167. The molecule has 15 heavy (non-hydrogen) atoms. The van der Waals surface area contributed by atoms with Crippen LogP contribution in [0.15, 0.2) is 36.5 Å². The first-order chi connectivity index (χ1) is 7.33. The van der Waals surface area contributed by atoms with Gasteiger partial charge in [-0.15, -0.1) is 0 Å². The van der Waals surface area contributed by atoms with Crippen LogP contribution >= 0.6 is 0 Å². The molecule has 1 heterocycles. The average Bonchev–Trinajstić information content (AvgIpc) is 2.78. The molecule has 0 radical (unpaired) electrons. The predicted octanol–water partition coefficient (Wildman–Crippen LogP) is 2.31. The summed E-state index contributed by atoms with van der Waals surface area (Å²) in [5, 5.41) is 13.1. The minimum Gasteiger partial charge on any atom is -0.241 e. The zero-order valence-corrected chi connectivity index (χ0v) is 8.51. The van der Waals surface area contributed by atoms with Crippen LogP contribution in [0.2, 0.25) is 0 Å². The van der Waals surface area contributed by atoms with Crippen LogP contribution in [-0.4, -0.2) is 9.78 Å². The molecule has 74 valence electrons. The molecule has 1 aromatic heterocycles. The van der Waals surface area contributed by atoms with Crippen molar-refractivity contribution >= 4 is 0 Å². The van der Waals surface area contributed by atoms with Gasteiger partial charge in [-0.2, -0.15) is 10.4 Å². The van der Waals surface area contributed by atoms with E-state index in [0.717, 1.165) is 17.8 Å². The Labute approximate surface area is 88.6 Å². The van der Waals surface area contributed by atoms with Crippen LogP contribution < -0.4 is 0 Å². The molecular weight excluding hydrogens is 186 g/mol. The number of aryl methyl sites for hydroxylation is 1. The van der Waals surface area contributed by atoms with Crippen molar-refractivity contribution in [1.29, 1.82) is 5.26 Å². The predicted molar refractivity (Wildman–Crippen MR) is 57.7 cm³/mol. The second-order valence-corrected chi connectivity index (χ2v) is 3.26. The summed E-state index contributed by atoms with van der Waals surface area (Å²) in [5.41, 5.74) is 2.72. The maximum Gasteiger partial charge on any atom is 0.0991 e. The molecule has 0 aliphatic carbocycles. The molecule has 0 fully saturated rings. The number of rotatable bonds is 2. The standard InChI is InChI=1S/C12H11N3/c1-2-11-7-8-15(14-11)12-5-3-10(9-13)4-6-12/h3-8H,2H2,1H3. The number of benzene rings is 1. The second-order valence-electron chi connectivity index (χ2n) is 3.26. The minimum absolute atomic E-state index is 0.668. The molecule has 3 heteroatoms. The fourth-order valence-electron chi connectivity index (χ4n) is 1.38. The van der Waals surface area contributed by atoms with Crippen LogP contribution in [0.5, 0.6) is 0 Å². The summed E-state index contributed by atoms with van der Waals surface area (Å²) in [4.78, 5) is 0. The molecule has 0 atom stereocenters. The van der Waals surface area contributed by atoms with E-state index < -0.39 is 0 Å². The van der Waals surface area contributed by atoms with Gasteiger partial charge >= 0.3 is 0 Å². The zero-order chi connectivity index (χ0) is 10.7. The van der Waals surface area contributed by atoms with E-state index in [1.807, 2.05) is 29.1 Å². The highest BCUT2D eigenvalue weighted by atomic mass is 15.3. The molecule has 0 N–H and O–H groups in total. The van der Waals surface area contributed by atoms with Gasteiger partial charge in [-0.3, -0.25) is 0 Å². The van der Waals surface area contributed by atoms with Crippen molar-refractivity contribution in [3.63, 3.8) is 0 Å². The lowest BCUT2D eigenvalue weighted by Gasteiger charge is -2.00. The van der Waals surface area contributed by atoms with Gasteiger partial charge in [0.15, 0.2) is 0 Å². The van der Waals surface area contributed by atoms with Crippen LogP contribution in [0.25, 0.3) is 5.69 Å². The molecule has 0 spiro atoms. The Morgan fingerprint density at radius 1 is 1.27 bits per heavy atom. The molecule has 2 rings (SSSR count). The van der Waals surface area contributed by atoms with E-state index in [1.165, 1.54) is 0 Å². The highest BCUT2D eigenvalue weighted by molar-refractivity contribution is 5.38. The maximum atomic E-state index is 8.67. The van der Waals surface area contributed by atoms with E-state index >= 15 is 0 Å². The van der Waals surface area contributed by atoms with Gasteiger partial charge in [-0.1, -0.05) is 6.92 Å². The molecule has 3 nitrogen and oxygen atoms in total. The third kappa shape index (κ3) is 1.89. The van der Waals surface area contributed by atoms with E-state index in [2.05, 4.69) is 18.1 Å². The van der Waals surface area contributed by atoms with Crippen molar-refractivity contribution in [1.82, 2.24) is 9.78 Å². The quantitative estimate of drug-likeness (QED) is 0.741. The number of hydrogen-bond donors (Lipinski definition) is 0. The maximum absolute atomic E-state index is 8.67. The first-order valence-electron chi connectivity index (χ1n) is 4.88. The van der Waals surface area contributed by atoms with Gasteiger partial charge in [0.05, 0.1) is 23.0 Å². The summed E-state index contributed by atoms with van der Waals surface area (Å²) in [5.74, 6) is 0. The number of aromatic nitrogens is 2. The molecule has 0 bridgehead atoms. The Morgan fingerprint density at radius 3 is 2.53 bits per heavy atom. The molecule has 0 unspecified atom stereocenters. The van der Waals surface area contributed by atoms with Gasteiger partial charge in [0.1, 0.15) is 0 Å². The van der Waals surface area contributed by atoms with E-state index in [1.54, 1.807) is 12.1 Å². The minimum atomic E-state index is 0.668. The van der Waals surface area contributed by atoms with Crippen LogP contribution in [0, 0.1) is 11.3 Å². The van der Waals surface area contributed by atoms with Crippen molar-refractivity contribution in [2.75, 3.05) is 0 Å². The van der Waals surface area contributed by atoms with E-state index in [-0.39, 0.29) is 0 Å². The Morgan fingerprint density at radius 2 is 2.00 bits per heavy atom. The van der Waals surface area contributed by atoms with Gasteiger partial charge in [0.2, 0.25) is 0 Å². The summed E-state index contributed by atoms with van der Waals surface area (Å²) in [6.45, 7) is 2.07. The third-order valence-electron chi connectivity index (χ3n) is 2.27. The van der Waals surface area contributed by atoms with Crippen LogP contribution in [-0.2, 0) is 6.42 Å². The topological polar surface area (TPSA) is 41.6 Å². The van der Waals surface area contributed by atoms with Gasteiger partial charge < -0.3 is 0 Å². The first-order valence-corrected chi connectivity index (χ1v) is 4.88. The Bertz CT molecular complexity index is 488. The largest absolute Gasteiger partial charge is 0.241 e. The molecule has 0 amide bonds. The summed E-state index contributed by atoms with van der Waals surface area (Å²) < 4.78 is 1.82. The summed E-state index contributed by atoms with van der Waals surface area (Å²) >= 11 is 0. The summed E-state index contributed by atoms with van der Waals surface area (Å²) in [6.07, 6.45) is 2.86. The molecule has 0 saturated heterocycles. The molecular formula is C12H11N3. The van der Waals surface area contributed by atoms with Crippen molar-refractivity contribution < 1.29 is 0 Å². The lowest BCUT2D eigenvalue weighted by atomic mass is 10.2. The lowest BCUT2D eigenvalue weighted by molar-refractivity contribution is 0.841. The van der Waals surface area contributed by atoms with Crippen LogP contribution in [0.3, 0.4) is 0 Å². The average molecular weight is 197 g/mol. The van der Waals surface area contributed by atoms with Gasteiger partial charge in [0.25, 0.3) is 0 Å². The fourth-order valence-corrected chi connectivity index (χ4v) is 1.38. The summed E-state index contributed by atoms with van der Waals surface area (Å²) in [6, 6.07) is 11.5. The van der Waals surface area contributed by atoms with Crippen molar-refractivity contribution in [2.45, 2.75) is 13.3 Å². The third-order valence-corrected chi connectivity index (χ3v) is 2.27. The van der Waals surface area contributed by atoms with Crippen molar-refractivity contribution in [3.8, 4) is 11.8 Å². The molecule has 0 saturated carbocycles. The number of hydrogen-bond acceptors (Lipinski definition) is 2. The first kappa shape index (κ1) is 9.47. The van der Waals surface area contributed by atoms with Gasteiger partial charge in [-0.25, -0.2) is 4.68 Å². The monoisotopic (exact) mass is 197 g/mol. The highest BCUT2D eigenvalue weighted by Gasteiger charge is 1.99. The molecule has 1 aromatic carbocycles. The van der Waals surface area contributed by atoms with Gasteiger partial charge in [-0.05, 0) is 36.8 Å². The number of nitriles is 1. The van der Waals surface area contributed by atoms with E-state index in [4.69, 9.17) is 5.26 Å². The molecule has 0 aliphatic rings. The second kappa shape index (κ2) is 3.97. The van der Waals surface area contributed by atoms with Crippen molar-refractivity contribution in [3.05, 3.63) is 47.8 Å². The smallest absolute Gasteiger partial charge is 0.0991 e. The normalized spacial score (nSPS) is 9.87. The number of nitrogens with zero attached hydrogens (tertiary/aromatic N) is 3. The lowest BCUT2D eigenvalue weighted by Crippen LogP contribution is -1.95. The Balaban J connectivity index is 2.33. The van der Waals surface area contributed by atoms with Crippen molar-refractivity contribution in [2.24, 2.45) is 0 Å². The van der Waals surface area contributed by atoms with Crippen LogP contribution in [0.4, 0.5) is 0 Å². The Kier molecular flexibility index (Phi) is 2.51. The zero-order valence-electron chi connectivity index (χ0n) is 8.51. The molecule has 2 aromatic rings. The summed E-state index contributed by atoms with van der Waals surface area (Å²) in [7, 11) is 0. The van der Waals surface area contributed by atoms with Crippen LogP contribution in [0.1, 0.15) is 18.2 Å². The Hall–Kier alpha value is -2.08. The molecule has 0 aliphatic heterocycles. The highest BCUT2D eigenvalue weighted by Crippen LogP contribution is 2.09. The van der Waals surface area contributed by atoms with Gasteiger partial charge in [0, 0.05) is 6.20 Å².